The molecule has 3 nitrogen and oxygen atoms in total. The summed E-state index contributed by atoms with van der Waals surface area (Å²) in [7, 11) is 0. The first-order valence-electron chi connectivity index (χ1n) is 6.70. The molecule has 5 heteroatoms. The second-order valence-corrected chi connectivity index (χ2v) is 7.29. The third-order valence-electron chi connectivity index (χ3n) is 3.60. The summed E-state index contributed by atoms with van der Waals surface area (Å²) < 4.78 is 0. The van der Waals surface area contributed by atoms with Gasteiger partial charge in [-0.15, -0.1) is 11.3 Å². The van der Waals surface area contributed by atoms with E-state index in [2.05, 4.69) is 28.3 Å². The SMILES string of the molecule is CC1CCCN(Cc2sc(=O)[nH]c2-c2cccs2)C1. The topological polar surface area (TPSA) is 36.1 Å². The standard InChI is InChI=1S/C14H18N2OS2/c1-10-4-2-6-16(8-10)9-12-13(15-14(17)19-12)11-5-3-7-18-11/h3,5,7,10H,2,4,6,8-9H2,1H3,(H,15,17). The van der Waals surface area contributed by atoms with Gasteiger partial charge in [-0.3, -0.25) is 9.69 Å². The van der Waals surface area contributed by atoms with Gasteiger partial charge in [0.25, 0.3) is 0 Å². The molecule has 3 rings (SSSR count). The Labute approximate surface area is 120 Å². The first-order valence-corrected chi connectivity index (χ1v) is 8.40. The van der Waals surface area contributed by atoms with E-state index in [4.69, 9.17) is 0 Å². The zero-order valence-electron chi connectivity index (χ0n) is 11.0. The molecule has 1 atom stereocenters. The van der Waals surface area contributed by atoms with Crippen LogP contribution in [0.25, 0.3) is 10.6 Å². The van der Waals surface area contributed by atoms with Crippen LogP contribution in [0.15, 0.2) is 22.3 Å². The van der Waals surface area contributed by atoms with Gasteiger partial charge in [0.1, 0.15) is 0 Å². The highest BCUT2D eigenvalue weighted by molar-refractivity contribution is 7.14. The third-order valence-corrected chi connectivity index (χ3v) is 5.35. The molecule has 1 aliphatic rings. The minimum absolute atomic E-state index is 0.0588. The molecule has 2 aromatic rings. The van der Waals surface area contributed by atoms with Crippen LogP contribution in [-0.2, 0) is 6.54 Å². The number of thiazole rings is 1. The van der Waals surface area contributed by atoms with Crippen LogP contribution < -0.4 is 4.87 Å². The largest absolute Gasteiger partial charge is 0.311 e. The summed E-state index contributed by atoms with van der Waals surface area (Å²) in [6, 6.07) is 4.10. The number of nitrogens with zero attached hydrogens (tertiary/aromatic N) is 1. The Balaban J connectivity index is 1.83. The van der Waals surface area contributed by atoms with Gasteiger partial charge in [0.05, 0.1) is 10.6 Å². The average molecular weight is 294 g/mol. The first kappa shape index (κ1) is 13.1. The summed E-state index contributed by atoms with van der Waals surface area (Å²) in [5, 5.41) is 2.05. The fourth-order valence-electron chi connectivity index (χ4n) is 2.72. The van der Waals surface area contributed by atoms with Gasteiger partial charge in [-0.25, -0.2) is 0 Å². The molecule has 1 fully saturated rings. The molecule has 0 spiro atoms. The Morgan fingerprint density at radius 2 is 2.42 bits per heavy atom. The maximum absolute atomic E-state index is 11.7. The fourth-order valence-corrected chi connectivity index (χ4v) is 4.43. The second-order valence-electron chi connectivity index (χ2n) is 5.27. The van der Waals surface area contributed by atoms with E-state index in [1.807, 2.05) is 6.07 Å². The van der Waals surface area contributed by atoms with Gasteiger partial charge in [-0.05, 0) is 36.8 Å². The van der Waals surface area contributed by atoms with Gasteiger partial charge in [0.15, 0.2) is 0 Å². The predicted molar refractivity (Wildman–Crippen MR) is 81.9 cm³/mol. The summed E-state index contributed by atoms with van der Waals surface area (Å²) in [5.41, 5.74) is 1.03. The number of nitrogens with one attached hydrogen (secondary N) is 1. The molecule has 0 aromatic carbocycles. The van der Waals surface area contributed by atoms with Crippen molar-refractivity contribution >= 4 is 22.7 Å². The minimum atomic E-state index is 0.0588. The van der Waals surface area contributed by atoms with Crippen LogP contribution in [0.5, 0.6) is 0 Å². The molecule has 2 aromatic heterocycles. The lowest BCUT2D eigenvalue weighted by atomic mass is 10.0. The van der Waals surface area contributed by atoms with E-state index in [0.29, 0.717) is 0 Å². The molecule has 102 valence electrons. The molecule has 0 radical (unpaired) electrons. The van der Waals surface area contributed by atoms with Crippen molar-refractivity contribution in [2.75, 3.05) is 13.1 Å². The van der Waals surface area contributed by atoms with Crippen molar-refractivity contribution in [3.05, 3.63) is 32.1 Å². The van der Waals surface area contributed by atoms with Gasteiger partial charge in [0.2, 0.25) is 0 Å². The fraction of sp³-hybridized carbons (Fsp3) is 0.500. The maximum Gasteiger partial charge on any atom is 0.305 e. The highest BCUT2D eigenvalue weighted by Crippen LogP contribution is 2.29. The Morgan fingerprint density at radius 3 is 3.16 bits per heavy atom. The van der Waals surface area contributed by atoms with Crippen LogP contribution in [-0.4, -0.2) is 23.0 Å². The number of hydrogen-bond acceptors (Lipinski definition) is 4. The lowest BCUT2D eigenvalue weighted by molar-refractivity contribution is 0.178. The Kier molecular flexibility index (Phi) is 3.86. The Morgan fingerprint density at radius 1 is 1.53 bits per heavy atom. The molecule has 1 unspecified atom stereocenters. The van der Waals surface area contributed by atoms with Crippen molar-refractivity contribution in [1.29, 1.82) is 0 Å². The molecule has 1 aliphatic heterocycles. The average Bonchev–Trinajstić information content (AvgIpc) is 2.98. The summed E-state index contributed by atoms with van der Waals surface area (Å²) in [6.45, 7) is 5.52. The molecule has 3 heterocycles. The molecule has 0 bridgehead atoms. The van der Waals surface area contributed by atoms with Crippen molar-refractivity contribution in [2.45, 2.75) is 26.3 Å². The number of H-pyrrole nitrogens is 1. The van der Waals surface area contributed by atoms with Gasteiger partial charge in [-0.1, -0.05) is 24.3 Å². The number of aromatic nitrogens is 1. The number of thiophene rings is 1. The van der Waals surface area contributed by atoms with Crippen molar-refractivity contribution in [2.24, 2.45) is 5.92 Å². The second kappa shape index (κ2) is 5.61. The van der Waals surface area contributed by atoms with E-state index in [0.717, 1.165) is 31.2 Å². The van der Waals surface area contributed by atoms with E-state index in [9.17, 15) is 4.79 Å². The van der Waals surface area contributed by atoms with Gasteiger partial charge in [0, 0.05) is 18.0 Å². The number of aromatic amines is 1. The monoisotopic (exact) mass is 294 g/mol. The summed E-state index contributed by atoms with van der Waals surface area (Å²) in [4.78, 5) is 19.5. The summed E-state index contributed by atoms with van der Waals surface area (Å²) >= 11 is 3.05. The molecule has 0 aliphatic carbocycles. The zero-order valence-corrected chi connectivity index (χ0v) is 12.6. The first-order chi connectivity index (χ1) is 9.22. The van der Waals surface area contributed by atoms with E-state index in [1.54, 1.807) is 11.3 Å². The van der Waals surface area contributed by atoms with Crippen LogP contribution >= 0.6 is 22.7 Å². The van der Waals surface area contributed by atoms with Crippen LogP contribution in [0.2, 0.25) is 0 Å². The number of rotatable bonds is 3. The zero-order chi connectivity index (χ0) is 13.2. The van der Waals surface area contributed by atoms with Crippen LogP contribution in [0, 0.1) is 5.92 Å². The normalized spacial score (nSPS) is 20.8. The van der Waals surface area contributed by atoms with Gasteiger partial charge < -0.3 is 4.98 Å². The van der Waals surface area contributed by atoms with E-state index in [1.165, 1.54) is 33.9 Å². The summed E-state index contributed by atoms with van der Waals surface area (Å²) in [5.74, 6) is 0.773. The molecule has 0 amide bonds. The van der Waals surface area contributed by atoms with Gasteiger partial charge >= 0.3 is 4.87 Å². The van der Waals surface area contributed by atoms with E-state index < -0.39 is 0 Å². The van der Waals surface area contributed by atoms with E-state index in [-0.39, 0.29) is 4.87 Å². The van der Waals surface area contributed by atoms with Crippen LogP contribution in [0.3, 0.4) is 0 Å². The van der Waals surface area contributed by atoms with Crippen molar-refractivity contribution < 1.29 is 0 Å². The highest BCUT2D eigenvalue weighted by atomic mass is 32.1. The van der Waals surface area contributed by atoms with E-state index >= 15 is 0 Å². The maximum atomic E-state index is 11.7. The number of likely N-dealkylation sites (tertiary alicyclic amines) is 1. The predicted octanol–water partition coefficient (Wildman–Crippen LogP) is 3.40. The quantitative estimate of drug-likeness (QED) is 0.942. The Bertz CT molecular complexity index is 585. The van der Waals surface area contributed by atoms with Crippen LogP contribution in [0.1, 0.15) is 24.6 Å². The van der Waals surface area contributed by atoms with Gasteiger partial charge in [-0.2, -0.15) is 0 Å². The van der Waals surface area contributed by atoms with Crippen LogP contribution in [0.4, 0.5) is 0 Å². The highest BCUT2D eigenvalue weighted by Gasteiger charge is 2.19. The lowest BCUT2D eigenvalue weighted by Gasteiger charge is -2.30. The summed E-state index contributed by atoms with van der Waals surface area (Å²) in [6.07, 6.45) is 2.60. The molecule has 1 N–H and O–H groups in total. The molecular weight excluding hydrogens is 276 g/mol. The third kappa shape index (κ3) is 2.99. The molecular formula is C14H18N2OS2. The molecule has 19 heavy (non-hydrogen) atoms. The number of hydrogen-bond donors (Lipinski definition) is 1. The van der Waals surface area contributed by atoms with Crippen molar-refractivity contribution in [1.82, 2.24) is 9.88 Å². The number of piperidine rings is 1. The molecule has 0 saturated carbocycles. The lowest BCUT2D eigenvalue weighted by Crippen LogP contribution is -2.33. The molecule has 1 saturated heterocycles. The van der Waals surface area contributed by atoms with Crippen molar-refractivity contribution in [3.8, 4) is 10.6 Å². The van der Waals surface area contributed by atoms with Crippen molar-refractivity contribution in [3.63, 3.8) is 0 Å². The minimum Gasteiger partial charge on any atom is -0.311 e. The smallest absolute Gasteiger partial charge is 0.305 e. The Hall–Kier alpha value is -0.910.